The summed E-state index contributed by atoms with van der Waals surface area (Å²) in [5.41, 5.74) is -0.128. The van der Waals surface area contributed by atoms with Gasteiger partial charge >= 0.3 is 5.97 Å². The van der Waals surface area contributed by atoms with E-state index in [9.17, 15) is 18.0 Å². The molecule has 0 bridgehead atoms. The predicted octanol–water partition coefficient (Wildman–Crippen LogP) is 2.11. The lowest BCUT2D eigenvalue weighted by Crippen LogP contribution is -2.38. The summed E-state index contributed by atoms with van der Waals surface area (Å²) in [5, 5.41) is 2.61. The van der Waals surface area contributed by atoms with Gasteiger partial charge < -0.3 is 10.1 Å². The molecule has 126 valence electrons. The fourth-order valence-electron chi connectivity index (χ4n) is 2.10. The van der Waals surface area contributed by atoms with E-state index < -0.39 is 34.4 Å². The van der Waals surface area contributed by atoms with Crippen molar-refractivity contribution in [2.75, 3.05) is 18.1 Å². The Balaban J connectivity index is 1.92. The van der Waals surface area contributed by atoms with Crippen LogP contribution in [0.5, 0.6) is 0 Å². The minimum Gasteiger partial charge on any atom is -0.452 e. The highest BCUT2D eigenvalue weighted by Crippen LogP contribution is 2.31. The Morgan fingerprint density at radius 3 is 2.48 bits per heavy atom. The molecule has 0 saturated carbocycles. The number of rotatable bonds is 4. The first-order valence-corrected chi connectivity index (χ1v) is 9.45. The summed E-state index contributed by atoms with van der Waals surface area (Å²) in [6.45, 7) is -0.575. The van der Waals surface area contributed by atoms with Gasteiger partial charge in [-0.15, -0.1) is 0 Å². The van der Waals surface area contributed by atoms with Crippen molar-refractivity contribution in [3.63, 3.8) is 0 Å². The number of esters is 1. The summed E-state index contributed by atoms with van der Waals surface area (Å²) in [6, 6.07) is 2.34. The molecule has 1 aromatic rings. The van der Waals surface area contributed by atoms with Gasteiger partial charge in [0.2, 0.25) is 0 Å². The van der Waals surface area contributed by atoms with Crippen LogP contribution < -0.4 is 5.32 Å². The van der Waals surface area contributed by atoms with E-state index >= 15 is 0 Å². The van der Waals surface area contributed by atoms with E-state index in [2.05, 4.69) is 5.32 Å². The SMILES string of the molecule is O=C(COC(=O)c1c(Cl)ccc(Cl)c1Cl)N[C@H]1CCS(=O)(=O)C1. The molecular formula is C13H12Cl3NO5S. The fourth-order valence-corrected chi connectivity index (χ4v) is 4.45. The quantitative estimate of drug-likeness (QED) is 0.617. The first-order chi connectivity index (χ1) is 10.7. The van der Waals surface area contributed by atoms with Crippen molar-refractivity contribution in [3.8, 4) is 0 Å². The van der Waals surface area contributed by atoms with E-state index in [4.69, 9.17) is 39.5 Å². The Kier molecular flexibility index (Phi) is 5.78. The number of hydrogen-bond acceptors (Lipinski definition) is 5. The molecule has 10 heteroatoms. The number of benzene rings is 1. The van der Waals surface area contributed by atoms with E-state index in [1.54, 1.807) is 0 Å². The standard InChI is InChI=1S/C13H12Cl3NO5S/c14-8-1-2-9(15)12(16)11(8)13(19)22-5-10(18)17-7-3-4-23(20,21)6-7/h1-2,7H,3-6H2,(H,17,18)/t7-/m0/s1. The van der Waals surface area contributed by atoms with Crippen molar-refractivity contribution >= 4 is 56.5 Å². The average molecular weight is 401 g/mol. The van der Waals surface area contributed by atoms with Gasteiger partial charge in [0.1, 0.15) is 0 Å². The number of halogens is 3. The first kappa shape index (κ1) is 18.3. The first-order valence-electron chi connectivity index (χ1n) is 6.50. The zero-order valence-corrected chi connectivity index (χ0v) is 14.7. The van der Waals surface area contributed by atoms with Crippen LogP contribution in [0, 0.1) is 0 Å². The number of ether oxygens (including phenoxy) is 1. The number of nitrogens with one attached hydrogen (secondary N) is 1. The maximum absolute atomic E-state index is 12.0. The highest BCUT2D eigenvalue weighted by molar-refractivity contribution is 7.91. The molecule has 23 heavy (non-hydrogen) atoms. The molecule has 1 aliphatic rings. The second kappa shape index (κ2) is 7.25. The van der Waals surface area contributed by atoms with Crippen molar-refractivity contribution in [1.29, 1.82) is 0 Å². The molecule has 1 N–H and O–H groups in total. The molecular weight excluding hydrogens is 389 g/mol. The molecule has 0 aliphatic carbocycles. The van der Waals surface area contributed by atoms with Gasteiger partial charge in [0.25, 0.3) is 5.91 Å². The van der Waals surface area contributed by atoms with Crippen LogP contribution in [-0.2, 0) is 19.4 Å². The van der Waals surface area contributed by atoms with E-state index in [0.29, 0.717) is 6.42 Å². The Hall–Kier alpha value is -1.02. The van der Waals surface area contributed by atoms with Crippen LogP contribution >= 0.6 is 34.8 Å². The second-order valence-electron chi connectivity index (χ2n) is 4.96. The molecule has 0 spiro atoms. The number of carbonyl (C=O) groups excluding carboxylic acids is 2. The van der Waals surface area contributed by atoms with Crippen molar-refractivity contribution in [2.24, 2.45) is 0 Å². The van der Waals surface area contributed by atoms with Crippen molar-refractivity contribution in [3.05, 3.63) is 32.8 Å². The molecule has 1 aromatic carbocycles. The molecule has 2 rings (SSSR count). The van der Waals surface area contributed by atoms with E-state index in [0.717, 1.165) is 0 Å². The van der Waals surface area contributed by atoms with Crippen molar-refractivity contribution < 1.29 is 22.7 Å². The number of sulfone groups is 1. The zero-order valence-electron chi connectivity index (χ0n) is 11.6. The molecule has 0 unspecified atom stereocenters. The number of carbonyl (C=O) groups is 2. The molecule has 1 heterocycles. The molecule has 0 radical (unpaired) electrons. The van der Waals surface area contributed by atoms with Gasteiger partial charge in [-0.25, -0.2) is 13.2 Å². The molecule has 0 aromatic heterocycles. The van der Waals surface area contributed by atoms with Gasteiger partial charge in [-0.2, -0.15) is 0 Å². The van der Waals surface area contributed by atoms with E-state index in [-0.39, 0.29) is 32.1 Å². The molecule has 1 aliphatic heterocycles. The van der Waals surface area contributed by atoms with Gasteiger partial charge in [-0.3, -0.25) is 4.79 Å². The van der Waals surface area contributed by atoms with Gasteiger partial charge in [-0.1, -0.05) is 34.8 Å². The molecule has 6 nitrogen and oxygen atoms in total. The third-order valence-electron chi connectivity index (χ3n) is 3.18. The van der Waals surface area contributed by atoms with Crippen LogP contribution in [0.1, 0.15) is 16.8 Å². The van der Waals surface area contributed by atoms with Crippen LogP contribution in [0.2, 0.25) is 15.1 Å². The predicted molar refractivity (Wildman–Crippen MR) is 87.0 cm³/mol. The van der Waals surface area contributed by atoms with Crippen LogP contribution in [0.3, 0.4) is 0 Å². The topological polar surface area (TPSA) is 89.5 Å². The van der Waals surface area contributed by atoms with E-state index in [1.165, 1.54) is 12.1 Å². The lowest BCUT2D eigenvalue weighted by Gasteiger charge is -2.12. The van der Waals surface area contributed by atoms with Gasteiger partial charge in [0.15, 0.2) is 16.4 Å². The van der Waals surface area contributed by atoms with Gasteiger partial charge in [0.05, 0.1) is 32.1 Å². The summed E-state index contributed by atoms with van der Waals surface area (Å²) < 4.78 is 27.4. The Labute approximate surface area is 148 Å². The van der Waals surface area contributed by atoms with Crippen LogP contribution in [0.4, 0.5) is 0 Å². The second-order valence-corrected chi connectivity index (χ2v) is 8.38. The Morgan fingerprint density at radius 1 is 1.22 bits per heavy atom. The highest BCUT2D eigenvalue weighted by atomic mass is 35.5. The van der Waals surface area contributed by atoms with Gasteiger partial charge in [-0.05, 0) is 18.6 Å². The lowest BCUT2D eigenvalue weighted by atomic mass is 10.2. The molecule has 1 atom stereocenters. The largest absolute Gasteiger partial charge is 0.452 e. The number of hydrogen-bond donors (Lipinski definition) is 1. The molecule has 1 fully saturated rings. The van der Waals surface area contributed by atoms with Crippen LogP contribution in [-0.4, -0.2) is 44.4 Å². The lowest BCUT2D eigenvalue weighted by molar-refractivity contribution is -0.124. The Morgan fingerprint density at radius 2 is 1.87 bits per heavy atom. The van der Waals surface area contributed by atoms with Crippen LogP contribution in [0.15, 0.2) is 12.1 Å². The van der Waals surface area contributed by atoms with Crippen LogP contribution in [0.25, 0.3) is 0 Å². The smallest absolute Gasteiger partial charge is 0.341 e. The molecule has 1 amide bonds. The summed E-state index contributed by atoms with van der Waals surface area (Å²) in [5.74, 6) is -1.57. The Bertz CT molecular complexity index is 750. The monoisotopic (exact) mass is 399 g/mol. The van der Waals surface area contributed by atoms with Gasteiger partial charge in [0, 0.05) is 6.04 Å². The summed E-state index contributed by atoms with van der Waals surface area (Å²) in [4.78, 5) is 23.7. The summed E-state index contributed by atoms with van der Waals surface area (Å²) in [6.07, 6.45) is 0.341. The minimum atomic E-state index is -3.10. The third-order valence-corrected chi connectivity index (χ3v) is 6.07. The minimum absolute atomic E-state index is 0.0332. The number of amides is 1. The molecule has 1 saturated heterocycles. The van der Waals surface area contributed by atoms with E-state index in [1.807, 2.05) is 0 Å². The van der Waals surface area contributed by atoms with Crippen molar-refractivity contribution in [2.45, 2.75) is 12.5 Å². The highest BCUT2D eigenvalue weighted by Gasteiger charge is 2.29. The zero-order chi connectivity index (χ0) is 17.2. The normalized spacial score (nSPS) is 19.3. The third kappa shape index (κ3) is 4.73. The maximum atomic E-state index is 12.0. The maximum Gasteiger partial charge on any atom is 0.341 e. The summed E-state index contributed by atoms with van der Waals surface area (Å²) >= 11 is 17.6. The average Bonchev–Trinajstić information content (AvgIpc) is 2.80. The fraction of sp³-hybridized carbons (Fsp3) is 0.385. The summed E-state index contributed by atoms with van der Waals surface area (Å²) in [7, 11) is -3.10. The van der Waals surface area contributed by atoms with Crippen molar-refractivity contribution in [1.82, 2.24) is 5.32 Å².